The maximum atomic E-state index is 3.79. The zero-order valence-corrected chi connectivity index (χ0v) is 13.9. The smallest absolute Gasteiger partial charge is 0.104 e. The summed E-state index contributed by atoms with van der Waals surface area (Å²) in [5.41, 5.74) is 5.26. The molecule has 2 aromatic carbocycles. The highest BCUT2D eigenvalue weighted by atomic mass is 35.5. The molecule has 21 heavy (non-hydrogen) atoms. The first-order chi connectivity index (χ1) is 9.48. The molecule has 0 radical (unpaired) electrons. The summed E-state index contributed by atoms with van der Waals surface area (Å²) < 4.78 is 0.955. The van der Waals surface area contributed by atoms with Crippen molar-refractivity contribution in [1.29, 1.82) is 0 Å². The van der Waals surface area contributed by atoms with Crippen LogP contribution in [0.5, 0.6) is 0 Å². The van der Waals surface area contributed by atoms with Crippen molar-refractivity contribution < 1.29 is 16.9 Å². The average Bonchev–Trinajstić information content (AvgIpc) is 2.41. The number of hydrogen-bond acceptors (Lipinski definition) is 0. The van der Waals surface area contributed by atoms with E-state index in [9.17, 15) is 0 Å². The van der Waals surface area contributed by atoms with Gasteiger partial charge < -0.3 is 16.9 Å². The maximum Gasteiger partial charge on any atom is 0.104 e. The van der Waals surface area contributed by atoms with Crippen LogP contribution < -0.4 is 12.4 Å². The molecule has 2 heteroatoms. The summed E-state index contributed by atoms with van der Waals surface area (Å²) in [4.78, 5) is 0. The second-order valence-electron chi connectivity index (χ2n) is 6.18. The average molecular weight is 302 g/mol. The molecule has 0 aromatic heterocycles. The van der Waals surface area contributed by atoms with Crippen LogP contribution in [0, 0.1) is 6.92 Å². The van der Waals surface area contributed by atoms with Crippen LogP contribution in [-0.2, 0) is 13.1 Å². The molecule has 0 N–H and O–H groups in total. The normalized spacial score (nSPS) is 10.8. The van der Waals surface area contributed by atoms with E-state index in [1.54, 1.807) is 0 Å². The van der Waals surface area contributed by atoms with Crippen LogP contribution in [0.4, 0.5) is 0 Å². The van der Waals surface area contributed by atoms with Gasteiger partial charge in [0.15, 0.2) is 0 Å². The standard InChI is InChI=1S/C19H24N.ClH/c1-5-17-10-12-19(13-11-17)15-20(3,4)14-18-8-6-16(2)7-9-18;/h5-13H,1,14-15H2,2-4H3;1H/q+1;/p-1. The minimum atomic E-state index is 0. The SMILES string of the molecule is C=Cc1ccc(C[N+](C)(C)Cc2ccc(C)cc2)cc1.[Cl-]. The molecule has 0 unspecified atom stereocenters. The van der Waals surface area contributed by atoms with Gasteiger partial charge in [0.05, 0.1) is 14.1 Å². The van der Waals surface area contributed by atoms with Gasteiger partial charge >= 0.3 is 0 Å². The van der Waals surface area contributed by atoms with Crippen LogP contribution in [0.2, 0.25) is 0 Å². The molecule has 1 nitrogen and oxygen atoms in total. The molecule has 0 fully saturated rings. The molecular weight excluding hydrogens is 278 g/mol. The molecule has 2 rings (SSSR count). The van der Waals surface area contributed by atoms with Gasteiger partial charge in [-0.2, -0.15) is 0 Å². The number of nitrogens with zero attached hydrogens (tertiary/aromatic N) is 1. The van der Waals surface area contributed by atoms with E-state index in [1.807, 2.05) is 6.08 Å². The lowest BCUT2D eigenvalue weighted by molar-refractivity contribution is -0.916. The summed E-state index contributed by atoms with van der Waals surface area (Å²) >= 11 is 0. The molecule has 0 amide bonds. The Morgan fingerprint density at radius 2 is 1.29 bits per heavy atom. The zero-order chi connectivity index (χ0) is 14.6. The summed E-state index contributed by atoms with van der Waals surface area (Å²) in [5, 5.41) is 0. The minimum absolute atomic E-state index is 0. The molecule has 0 atom stereocenters. The molecule has 0 aliphatic carbocycles. The molecular formula is C19H24ClN. The fourth-order valence-corrected chi connectivity index (χ4v) is 2.50. The third-order valence-corrected chi connectivity index (χ3v) is 3.56. The Morgan fingerprint density at radius 1 is 0.857 bits per heavy atom. The van der Waals surface area contributed by atoms with Crippen molar-refractivity contribution in [1.82, 2.24) is 0 Å². The Hall–Kier alpha value is -1.57. The van der Waals surface area contributed by atoms with E-state index < -0.39 is 0 Å². The van der Waals surface area contributed by atoms with Crippen molar-refractivity contribution in [3.63, 3.8) is 0 Å². The number of quaternary nitrogens is 1. The molecule has 0 spiro atoms. The van der Waals surface area contributed by atoms with Gasteiger partial charge in [-0.05, 0) is 12.5 Å². The number of hydrogen-bond donors (Lipinski definition) is 0. The van der Waals surface area contributed by atoms with Crippen LogP contribution in [0.25, 0.3) is 6.08 Å². The van der Waals surface area contributed by atoms with E-state index in [0.717, 1.165) is 17.6 Å². The Bertz CT molecular complexity index is 568. The van der Waals surface area contributed by atoms with Gasteiger partial charge in [0.2, 0.25) is 0 Å². The fraction of sp³-hybridized carbons (Fsp3) is 0.263. The van der Waals surface area contributed by atoms with Crippen molar-refractivity contribution in [2.45, 2.75) is 20.0 Å². The topological polar surface area (TPSA) is 0 Å². The molecule has 0 heterocycles. The van der Waals surface area contributed by atoms with Gasteiger partial charge in [0, 0.05) is 11.1 Å². The van der Waals surface area contributed by atoms with Crippen molar-refractivity contribution in [2.75, 3.05) is 14.1 Å². The molecule has 112 valence electrons. The highest BCUT2D eigenvalue weighted by Gasteiger charge is 2.16. The zero-order valence-electron chi connectivity index (χ0n) is 13.1. The van der Waals surface area contributed by atoms with E-state index >= 15 is 0 Å². The molecule has 0 aliphatic rings. The predicted octanol–water partition coefficient (Wildman–Crippen LogP) is 1.42. The minimum Gasteiger partial charge on any atom is -1.00 e. The number of aryl methyl sites for hydroxylation is 1. The highest BCUT2D eigenvalue weighted by Crippen LogP contribution is 2.16. The van der Waals surface area contributed by atoms with Gasteiger partial charge in [-0.15, -0.1) is 0 Å². The fourth-order valence-electron chi connectivity index (χ4n) is 2.50. The van der Waals surface area contributed by atoms with Crippen molar-refractivity contribution in [3.05, 3.63) is 77.4 Å². The summed E-state index contributed by atoms with van der Waals surface area (Å²) in [6.45, 7) is 8.00. The summed E-state index contributed by atoms with van der Waals surface area (Å²) in [6, 6.07) is 17.5. The van der Waals surface area contributed by atoms with Crippen LogP contribution in [0.1, 0.15) is 22.3 Å². The molecule has 0 bridgehead atoms. The quantitative estimate of drug-likeness (QED) is 0.733. The lowest BCUT2D eigenvalue weighted by Gasteiger charge is -2.30. The predicted molar refractivity (Wildman–Crippen MR) is 87.2 cm³/mol. The summed E-state index contributed by atoms with van der Waals surface area (Å²) in [7, 11) is 4.56. The second-order valence-corrected chi connectivity index (χ2v) is 6.18. The number of halogens is 1. The van der Waals surface area contributed by atoms with Crippen LogP contribution in [-0.4, -0.2) is 18.6 Å². The van der Waals surface area contributed by atoms with E-state index in [-0.39, 0.29) is 12.4 Å². The Balaban J connectivity index is 0.00000220. The van der Waals surface area contributed by atoms with E-state index in [4.69, 9.17) is 0 Å². The molecule has 0 saturated heterocycles. The first kappa shape index (κ1) is 17.5. The Kier molecular flexibility index (Phi) is 6.19. The highest BCUT2D eigenvalue weighted by molar-refractivity contribution is 5.47. The largest absolute Gasteiger partial charge is 1.00 e. The molecule has 0 aliphatic heterocycles. The Morgan fingerprint density at radius 3 is 1.71 bits per heavy atom. The lowest BCUT2D eigenvalue weighted by atomic mass is 10.1. The Labute approximate surface area is 134 Å². The van der Waals surface area contributed by atoms with Crippen LogP contribution in [0.3, 0.4) is 0 Å². The van der Waals surface area contributed by atoms with Crippen molar-refractivity contribution >= 4 is 6.08 Å². The van der Waals surface area contributed by atoms with Crippen LogP contribution >= 0.6 is 0 Å². The van der Waals surface area contributed by atoms with Gasteiger partial charge in [0.1, 0.15) is 13.1 Å². The third kappa shape index (κ3) is 5.37. The van der Waals surface area contributed by atoms with Gasteiger partial charge in [-0.25, -0.2) is 0 Å². The molecule has 2 aromatic rings. The monoisotopic (exact) mass is 301 g/mol. The van der Waals surface area contributed by atoms with Gasteiger partial charge in [0.25, 0.3) is 0 Å². The number of rotatable bonds is 5. The molecule has 0 saturated carbocycles. The van der Waals surface area contributed by atoms with Crippen molar-refractivity contribution in [3.8, 4) is 0 Å². The summed E-state index contributed by atoms with van der Waals surface area (Å²) in [5.74, 6) is 0. The third-order valence-electron chi connectivity index (χ3n) is 3.56. The van der Waals surface area contributed by atoms with Crippen molar-refractivity contribution in [2.24, 2.45) is 0 Å². The number of benzene rings is 2. The lowest BCUT2D eigenvalue weighted by Crippen LogP contribution is -3.00. The summed E-state index contributed by atoms with van der Waals surface area (Å²) in [6.07, 6.45) is 1.89. The maximum absolute atomic E-state index is 3.79. The van der Waals surface area contributed by atoms with E-state index in [0.29, 0.717) is 0 Å². The van der Waals surface area contributed by atoms with Gasteiger partial charge in [-0.3, -0.25) is 0 Å². The van der Waals surface area contributed by atoms with Crippen LogP contribution in [0.15, 0.2) is 55.1 Å². The van der Waals surface area contributed by atoms with E-state index in [2.05, 4.69) is 76.1 Å². The first-order valence-electron chi connectivity index (χ1n) is 7.07. The van der Waals surface area contributed by atoms with Gasteiger partial charge in [-0.1, -0.05) is 66.7 Å². The first-order valence-corrected chi connectivity index (χ1v) is 7.07. The van der Waals surface area contributed by atoms with E-state index in [1.165, 1.54) is 22.3 Å². The second kappa shape index (κ2) is 7.44.